The van der Waals surface area contributed by atoms with Gasteiger partial charge in [-0.15, -0.1) is 0 Å². The molecule has 25 heavy (non-hydrogen) atoms. The number of nitrogens with one attached hydrogen (secondary N) is 3. The van der Waals surface area contributed by atoms with Crippen molar-refractivity contribution < 1.29 is 0 Å². The Hall–Kier alpha value is -3.67. The molecule has 2 aromatic carbocycles. The van der Waals surface area contributed by atoms with Crippen molar-refractivity contribution in [1.82, 2.24) is 15.0 Å². The van der Waals surface area contributed by atoms with Gasteiger partial charge in [-0.05, 0) is 6.07 Å². The molecule has 3 N–H and O–H groups in total. The number of nitrogens with zero attached hydrogens (tertiary/aromatic N) is 2. The molecule has 0 aliphatic heterocycles. The Morgan fingerprint density at radius 3 is 2.72 bits per heavy atom. The van der Waals surface area contributed by atoms with Crippen LogP contribution in [0.4, 0.5) is 5.95 Å². The zero-order valence-electron chi connectivity index (χ0n) is 13.2. The number of hydrogen-bond donors (Lipinski definition) is 3. The van der Waals surface area contributed by atoms with Crippen molar-refractivity contribution in [2.45, 2.75) is 0 Å². The highest BCUT2D eigenvalue weighted by Gasteiger charge is 2.03. The monoisotopic (exact) mass is 329 g/mol. The molecule has 0 saturated carbocycles. The highest BCUT2D eigenvalue weighted by atomic mass is 16.1. The highest BCUT2D eigenvalue weighted by molar-refractivity contribution is 5.99. The topological polar surface area (TPSA) is 85.9 Å². The molecule has 0 fully saturated rings. The molecule has 0 spiro atoms. The molecule has 6 heteroatoms. The van der Waals surface area contributed by atoms with Crippen molar-refractivity contribution in [2.75, 3.05) is 5.43 Å². The Labute approximate surface area is 143 Å². The van der Waals surface area contributed by atoms with Gasteiger partial charge >= 0.3 is 0 Å². The minimum absolute atomic E-state index is 0.237. The molecule has 2 aromatic heterocycles. The van der Waals surface area contributed by atoms with Crippen LogP contribution in [-0.4, -0.2) is 21.2 Å². The molecular weight excluding hydrogens is 314 g/mol. The van der Waals surface area contributed by atoms with Gasteiger partial charge in [-0.25, -0.2) is 10.4 Å². The number of hydrogen-bond acceptors (Lipinski definition) is 4. The van der Waals surface area contributed by atoms with Gasteiger partial charge in [-0.1, -0.05) is 48.5 Å². The standard InChI is InChI=1S/C19H15N5O/c25-18-10-17(13-6-2-1-3-7-13)22-19(23-18)24-21-12-14-11-20-16-9-5-4-8-15(14)16/h1-12,20H,(H2,22,23,24,25)/b21-12+. The number of aromatic nitrogens is 3. The predicted octanol–water partition coefficient (Wildman–Crippen LogP) is 3.36. The number of anilines is 1. The van der Waals surface area contributed by atoms with Gasteiger partial charge in [-0.3, -0.25) is 9.78 Å². The van der Waals surface area contributed by atoms with Gasteiger partial charge in [-0.2, -0.15) is 5.10 Å². The second kappa shape index (κ2) is 6.45. The van der Waals surface area contributed by atoms with Crippen molar-refractivity contribution in [3.63, 3.8) is 0 Å². The van der Waals surface area contributed by atoms with Crippen LogP contribution < -0.4 is 11.0 Å². The van der Waals surface area contributed by atoms with E-state index in [9.17, 15) is 4.79 Å². The van der Waals surface area contributed by atoms with E-state index in [1.54, 1.807) is 6.21 Å². The number of benzene rings is 2. The van der Waals surface area contributed by atoms with Crippen LogP contribution in [0.25, 0.3) is 22.2 Å². The second-order valence-corrected chi connectivity index (χ2v) is 5.50. The van der Waals surface area contributed by atoms with Gasteiger partial charge in [0, 0.05) is 34.3 Å². The Morgan fingerprint density at radius 2 is 1.84 bits per heavy atom. The maximum Gasteiger partial charge on any atom is 0.252 e. The minimum atomic E-state index is -0.237. The molecule has 6 nitrogen and oxygen atoms in total. The molecule has 0 amide bonds. The normalized spacial score (nSPS) is 11.2. The van der Waals surface area contributed by atoms with Crippen LogP contribution in [0.1, 0.15) is 5.56 Å². The van der Waals surface area contributed by atoms with E-state index in [4.69, 9.17) is 0 Å². The quantitative estimate of drug-likeness (QED) is 0.396. The summed E-state index contributed by atoms with van der Waals surface area (Å²) in [4.78, 5) is 22.1. The van der Waals surface area contributed by atoms with E-state index in [1.807, 2.05) is 60.8 Å². The van der Waals surface area contributed by atoms with Crippen molar-refractivity contribution in [3.8, 4) is 11.3 Å². The predicted molar refractivity (Wildman–Crippen MR) is 99.8 cm³/mol. The first-order valence-electron chi connectivity index (χ1n) is 7.81. The number of fused-ring (bicyclic) bond motifs is 1. The van der Waals surface area contributed by atoms with Crippen LogP contribution >= 0.6 is 0 Å². The van der Waals surface area contributed by atoms with E-state index in [0.717, 1.165) is 22.0 Å². The first kappa shape index (κ1) is 14.9. The van der Waals surface area contributed by atoms with Crippen LogP contribution in [0, 0.1) is 0 Å². The molecule has 0 aliphatic carbocycles. The molecule has 0 aliphatic rings. The highest BCUT2D eigenvalue weighted by Crippen LogP contribution is 2.17. The van der Waals surface area contributed by atoms with E-state index >= 15 is 0 Å². The van der Waals surface area contributed by atoms with Gasteiger partial charge in [0.1, 0.15) is 0 Å². The smallest absolute Gasteiger partial charge is 0.252 e. The van der Waals surface area contributed by atoms with Crippen LogP contribution in [0.15, 0.2) is 76.8 Å². The van der Waals surface area contributed by atoms with Crippen LogP contribution in [0.2, 0.25) is 0 Å². The summed E-state index contributed by atoms with van der Waals surface area (Å²) >= 11 is 0. The number of para-hydroxylation sites is 1. The number of H-pyrrole nitrogens is 2. The summed E-state index contributed by atoms with van der Waals surface area (Å²) in [6, 6.07) is 19.0. The molecule has 0 bridgehead atoms. The maximum atomic E-state index is 11.9. The first-order valence-corrected chi connectivity index (χ1v) is 7.81. The van der Waals surface area contributed by atoms with Crippen molar-refractivity contribution in [2.24, 2.45) is 5.10 Å². The molecular formula is C19H15N5O. The molecule has 4 rings (SSSR count). The summed E-state index contributed by atoms with van der Waals surface area (Å²) in [5.74, 6) is 0.294. The van der Waals surface area contributed by atoms with Crippen LogP contribution in [0.3, 0.4) is 0 Å². The van der Waals surface area contributed by atoms with Crippen molar-refractivity contribution in [1.29, 1.82) is 0 Å². The van der Waals surface area contributed by atoms with Gasteiger partial charge < -0.3 is 4.98 Å². The minimum Gasteiger partial charge on any atom is -0.361 e. The molecule has 4 aromatic rings. The van der Waals surface area contributed by atoms with Crippen molar-refractivity contribution in [3.05, 3.63) is 82.8 Å². The number of aromatic amines is 2. The lowest BCUT2D eigenvalue weighted by atomic mass is 10.1. The largest absolute Gasteiger partial charge is 0.361 e. The van der Waals surface area contributed by atoms with E-state index in [1.165, 1.54) is 6.07 Å². The average molecular weight is 329 g/mol. The fourth-order valence-corrected chi connectivity index (χ4v) is 2.63. The van der Waals surface area contributed by atoms with Gasteiger partial charge in [0.25, 0.3) is 5.56 Å². The molecule has 2 heterocycles. The summed E-state index contributed by atoms with van der Waals surface area (Å²) in [7, 11) is 0. The van der Waals surface area contributed by atoms with E-state index in [0.29, 0.717) is 11.6 Å². The molecule has 0 atom stereocenters. The van der Waals surface area contributed by atoms with Gasteiger partial charge in [0.2, 0.25) is 5.95 Å². The third kappa shape index (κ3) is 3.18. The van der Waals surface area contributed by atoms with E-state index < -0.39 is 0 Å². The van der Waals surface area contributed by atoms with Crippen LogP contribution in [-0.2, 0) is 0 Å². The molecule has 0 radical (unpaired) electrons. The summed E-state index contributed by atoms with van der Waals surface area (Å²) in [6.07, 6.45) is 3.57. The van der Waals surface area contributed by atoms with Crippen molar-refractivity contribution >= 4 is 23.1 Å². The van der Waals surface area contributed by atoms with Gasteiger partial charge in [0.05, 0.1) is 11.9 Å². The Kier molecular flexibility index (Phi) is 3.84. The number of hydrazone groups is 1. The SMILES string of the molecule is O=c1cc(-c2ccccc2)nc(N/N=C/c2c[nH]c3ccccc23)[nH]1. The lowest BCUT2D eigenvalue weighted by Gasteiger charge is -2.03. The van der Waals surface area contributed by atoms with E-state index in [-0.39, 0.29) is 5.56 Å². The lowest BCUT2D eigenvalue weighted by molar-refractivity contribution is 1.09. The van der Waals surface area contributed by atoms with Crippen LogP contribution in [0.5, 0.6) is 0 Å². The fourth-order valence-electron chi connectivity index (χ4n) is 2.63. The summed E-state index contributed by atoms with van der Waals surface area (Å²) < 4.78 is 0. The molecule has 0 saturated heterocycles. The molecule has 122 valence electrons. The molecule has 0 unspecified atom stereocenters. The fraction of sp³-hybridized carbons (Fsp3) is 0. The zero-order valence-corrected chi connectivity index (χ0v) is 13.2. The Morgan fingerprint density at radius 1 is 1.04 bits per heavy atom. The summed E-state index contributed by atoms with van der Waals surface area (Å²) in [5, 5.41) is 5.26. The maximum absolute atomic E-state index is 11.9. The lowest BCUT2D eigenvalue weighted by Crippen LogP contribution is -2.10. The Bertz CT molecular complexity index is 1100. The Balaban J connectivity index is 1.59. The zero-order chi connectivity index (χ0) is 17.1. The summed E-state index contributed by atoms with van der Waals surface area (Å²) in [5.41, 5.74) is 6.01. The van der Waals surface area contributed by atoms with E-state index in [2.05, 4.69) is 25.5 Å². The average Bonchev–Trinajstić information content (AvgIpc) is 3.05. The first-order chi connectivity index (χ1) is 12.3. The third-order valence-electron chi connectivity index (χ3n) is 3.81. The summed E-state index contributed by atoms with van der Waals surface area (Å²) in [6.45, 7) is 0. The second-order valence-electron chi connectivity index (χ2n) is 5.50. The number of rotatable bonds is 4. The van der Waals surface area contributed by atoms with Gasteiger partial charge in [0.15, 0.2) is 0 Å². The third-order valence-corrected chi connectivity index (χ3v) is 3.81.